The first-order valence-electron chi connectivity index (χ1n) is 1.10. The quantitative estimate of drug-likeness (QED) is 0.246. The molecule has 0 radical (unpaired) electrons. The van der Waals surface area contributed by atoms with Crippen LogP contribution in [0.5, 0.6) is 0 Å². The van der Waals surface area contributed by atoms with E-state index in [-0.39, 0.29) is 49.2 Å². The zero-order valence-electron chi connectivity index (χ0n) is 6.05. The molecule has 0 amide bonds. The molecule has 0 aromatic rings. The second kappa shape index (κ2) is 43.3. The summed E-state index contributed by atoms with van der Waals surface area (Å²) in [5.74, 6) is 0. The van der Waals surface area contributed by atoms with Crippen LogP contribution in [0.2, 0.25) is 0 Å². The molecule has 0 aliphatic heterocycles. The molecule has 13 heteroatoms. The fraction of sp³-hybridized carbons (Fsp3) is 0. The van der Waals surface area contributed by atoms with Gasteiger partial charge in [0.1, 0.15) is 0 Å². The molecule has 0 aliphatic rings. The first-order chi connectivity index (χ1) is 3.46. The van der Waals surface area contributed by atoms with Crippen molar-refractivity contribution in [2.75, 3.05) is 0 Å². The van der Waals surface area contributed by atoms with Gasteiger partial charge in [-0.25, -0.2) is 0 Å². The molecule has 0 aliphatic carbocycles. The Morgan fingerprint density at radius 1 is 0.615 bits per heavy atom. The van der Waals surface area contributed by atoms with Gasteiger partial charge < -0.3 is 52.5 Å². The fourth-order valence-electron chi connectivity index (χ4n) is 0. The van der Waals surface area contributed by atoms with Gasteiger partial charge in [0.05, 0.1) is 10.2 Å². The van der Waals surface area contributed by atoms with Crippen molar-refractivity contribution in [1.82, 2.24) is 0 Å². The summed E-state index contributed by atoms with van der Waals surface area (Å²) in [4.78, 5) is 16.5. The van der Waals surface area contributed by atoms with Gasteiger partial charge in [-0.3, -0.25) is 0 Å². The molecule has 0 rings (SSSR count). The largest absolute Gasteiger partial charge is 0.412 e. The summed E-state index contributed by atoms with van der Waals surface area (Å²) in [6.45, 7) is 0. The van der Waals surface area contributed by atoms with Gasteiger partial charge in [0.25, 0.3) is 0 Å². The second-order valence-corrected chi connectivity index (χ2v) is 0.447. The number of hydrogen-bond donors (Lipinski definition) is 0. The molecule has 13 heavy (non-hydrogen) atoms. The van der Waals surface area contributed by atoms with E-state index in [0.717, 1.165) is 0 Å². The van der Waals surface area contributed by atoms with Crippen LogP contribution >= 0.6 is 0 Å². The van der Waals surface area contributed by atoms with Crippen LogP contribution in [0.3, 0.4) is 0 Å². The monoisotopic (exact) mass is 310 g/mol. The summed E-state index contributed by atoms with van der Waals surface area (Å²) < 4.78 is 0. The van der Waals surface area contributed by atoms with E-state index in [4.69, 9.17) is 30.6 Å². The van der Waals surface area contributed by atoms with Gasteiger partial charge in [-0.1, -0.05) is 0 Å². The molecule has 0 aromatic carbocycles. The van der Waals surface area contributed by atoms with Gasteiger partial charge in [0, 0.05) is 27.3 Å². The number of rotatable bonds is 0. The second-order valence-electron chi connectivity index (χ2n) is 0.447. The summed E-state index contributed by atoms with van der Waals surface area (Å²) in [6.07, 6.45) is 0. The smallest absolute Gasteiger partial charge is 0.0689 e. The Morgan fingerprint density at radius 3 is 0.615 bits per heavy atom. The average Bonchev–Trinajstić information content (AvgIpc) is 1.25. The van der Waals surface area contributed by atoms with Crippen LogP contribution in [0, 0.1) is 30.6 Å². The maximum Gasteiger partial charge on any atom is 0.0689 e. The van der Waals surface area contributed by atoms with Gasteiger partial charge in [0.15, 0.2) is 0 Å². The van der Waals surface area contributed by atoms with Crippen molar-refractivity contribution in [3.05, 3.63) is 30.6 Å². The molecule has 0 heterocycles. The summed E-state index contributed by atoms with van der Waals surface area (Å²) >= 11 is 0. The van der Waals surface area contributed by atoms with E-state index in [9.17, 15) is 0 Å². The normalized spacial score (nSPS) is 3.69. The fourth-order valence-corrected chi connectivity index (χ4v) is 0. The standard InChI is InChI=1S/Cd.2NO3.4H2O/c;2*2-1(3)4;;;;/h;;;4*1H2/q;2*-1;;;;. The summed E-state index contributed by atoms with van der Waals surface area (Å²) in [5, 5.41) is 29.5. The first-order valence-corrected chi connectivity index (χ1v) is 1.10. The molecular formula is H8CdN2O10-2. The molecular weight excluding hydrogens is 300 g/mol. The molecule has 0 spiro atoms. The van der Waals surface area contributed by atoms with Crippen LogP contribution in [-0.4, -0.2) is 32.1 Å². The minimum Gasteiger partial charge on any atom is -0.412 e. The Kier molecular flexibility index (Phi) is 189. The maximum absolute atomic E-state index is 8.25. The SMILES string of the molecule is O.O.O.O.O=[N+]([O-])[O-].O=[N+]([O-])[O-].[Cd]. The molecule has 82 valence electrons. The summed E-state index contributed by atoms with van der Waals surface area (Å²) in [7, 11) is 0. The molecule has 0 saturated carbocycles. The number of hydrogen-bond acceptors (Lipinski definition) is 6. The van der Waals surface area contributed by atoms with Gasteiger partial charge >= 0.3 is 0 Å². The molecule has 0 atom stereocenters. The molecule has 12 nitrogen and oxygen atoms in total. The van der Waals surface area contributed by atoms with Gasteiger partial charge in [0.2, 0.25) is 0 Å². The minimum atomic E-state index is -1.75. The van der Waals surface area contributed by atoms with E-state index in [1.165, 1.54) is 0 Å². The Morgan fingerprint density at radius 2 is 0.615 bits per heavy atom. The third-order valence-electron chi connectivity index (χ3n) is 0. The topological polar surface area (TPSA) is 258 Å². The predicted octanol–water partition coefficient (Wildman–Crippen LogP) is -3.78. The summed E-state index contributed by atoms with van der Waals surface area (Å²) in [6, 6.07) is 0. The van der Waals surface area contributed by atoms with Crippen molar-refractivity contribution in [3.8, 4) is 0 Å². The van der Waals surface area contributed by atoms with Crippen LogP contribution in [0.25, 0.3) is 0 Å². The molecule has 0 fully saturated rings. The molecule has 0 saturated heterocycles. The van der Waals surface area contributed by atoms with E-state index in [0.29, 0.717) is 0 Å². The predicted molar refractivity (Wildman–Crippen MR) is 35.2 cm³/mol. The third-order valence-corrected chi connectivity index (χ3v) is 0. The Balaban J connectivity index is -0.00000000800. The maximum atomic E-state index is 8.25. The van der Waals surface area contributed by atoms with Crippen LogP contribution < -0.4 is 0 Å². The van der Waals surface area contributed by atoms with E-state index < -0.39 is 10.2 Å². The van der Waals surface area contributed by atoms with Crippen molar-refractivity contribution in [3.63, 3.8) is 0 Å². The van der Waals surface area contributed by atoms with E-state index in [1.807, 2.05) is 0 Å². The Hall–Kier alpha value is -0.838. The van der Waals surface area contributed by atoms with Crippen LogP contribution in [0.1, 0.15) is 0 Å². The Bertz CT molecular complexity index is 70.9. The van der Waals surface area contributed by atoms with Crippen LogP contribution in [0.4, 0.5) is 0 Å². The zero-order valence-corrected chi connectivity index (χ0v) is 10.1. The van der Waals surface area contributed by atoms with Crippen molar-refractivity contribution in [2.45, 2.75) is 0 Å². The van der Waals surface area contributed by atoms with Crippen molar-refractivity contribution in [2.24, 2.45) is 0 Å². The minimum absolute atomic E-state index is 0. The van der Waals surface area contributed by atoms with E-state index in [2.05, 4.69) is 0 Å². The molecule has 0 bridgehead atoms. The summed E-state index contributed by atoms with van der Waals surface area (Å²) in [5.41, 5.74) is 0. The van der Waals surface area contributed by atoms with E-state index in [1.54, 1.807) is 0 Å². The third kappa shape index (κ3) is 1330. The van der Waals surface area contributed by atoms with E-state index >= 15 is 0 Å². The molecule has 0 unspecified atom stereocenters. The van der Waals surface area contributed by atoms with Crippen LogP contribution in [-0.2, 0) is 27.3 Å². The molecule has 0 aromatic heterocycles. The zero-order chi connectivity index (χ0) is 7.15. The van der Waals surface area contributed by atoms with Gasteiger partial charge in [-0.05, 0) is 0 Å². The average molecular weight is 308 g/mol. The first kappa shape index (κ1) is 56.9. The van der Waals surface area contributed by atoms with Crippen LogP contribution in [0.15, 0.2) is 0 Å². The van der Waals surface area contributed by atoms with Crippen molar-refractivity contribution < 1.29 is 59.4 Å². The number of nitrogens with zero attached hydrogens (tertiary/aromatic N) is 2. The molecule has 8 N–H and O–H groups in total. The van der Waals surface area contributed by atoms with Crippen molar-refractivity contribution in [1.29, 1.82) is 0 Å². The van der Waals surface area contributed by atoms with Gasteiger partial charge in [-0.15, -0.1) is 0 Å². The van der Waals surface area contributed by atoms with Gasteiger partial charge in [-0.2, -0.15) is 0 Å². The Labute approximate surface area is 90.4 Å². The van der Waals surface area contributed by atoms with Crippen molar-refractivity contribution >= 4 is 0 Å².